The molecule has 1 aromatic carbocycles. The van der Waals surface area contributed by atoms with Gasteiger partial charge in [0.05, 0.1) is 25.7 Å². The molecule has 6 heteroatoms. The lowest BCUT2D eigenvalue weighted by atomic mass is 10.1. The molecule has 0 saturated carbocycles. The monoisotopic (exact) mass is 330 g/mol. The van der Waals surface area contributed by atoms with Crippen LogP contribution in [0.3, 0.4) is 0 Å². The van der Waals surface area contributed by atoms with E-state index >= 15 is 0 Å². The van der Waals surface area contributed by atoms with Crippen molar-refractivity contribution in [1.29, 1.82) is 0 Å². The van der Waals surface area contributed by atoms with E-state index in [1.54, 1.807) is 24.9 Å². The lowest BCUT2D eigenvalue weighted by Crippen LogP contribution is -1.90. The molecule has 0 aliphatic rings. The molecule has 0 heterocycles. The summed E-state index contributed by atoms with van der Waals surface area (Å²) in [6.07, 6.45) is 0. The highest BCUT2D eigenvalue weighted by molar-refractivity contribution is 7.98. The van der Waals surface area contributed by atoms with Gasteiger partial charge >= 0.3 is 5.97 Å². The van der Waals surface area contributed by atoms with Crippen molar-refractivity contribution in [2.24, 2.45) is 0 Å². The topological polar surface area (TPSA) is 55.8 Å². The summed E-state index contributed by atoms with van der Waals surface area (Å²) in [7, 11) is 2.98. The Kier molecular flexibility index (Phi) is 10.7. The van der Waals surface area contributed by atoms with Crippen molar-refractivity contribution in [2.45, 2.75) is 18.4 Å². The predicted octanol–water partition coefficient (Wildman–Crippen LogP) is 3.39. The smallest absolute Gasteiger partial charge is 0.302 e. The van der Waals surface area contributed by atoms with E-state index in [0.29, 0.717) is 11.5 Å². The highest BCUT2D eigenvalue weighted by atomic mass is 32.2. The van der Waals surface area contributed by atoms with Crippen molar-refractivity contribution in [3.8, 4) is 5.75 Å². The van der Waals surface area contributed by atoms with Crippen LogP contribution in [0.25, 0.3) is 0 Å². The molecule has 1 N–H and O–H groups in total. The van der Waals surface area contributed by atoms with Gasteiger partial charge in [-0.3, -0.25) is 4.79 Å². The summed E-state index contributed by atoms with van der Waals surface area (Å²) in [5.41, 5.74) is 2.04. The van der Waals surface area contributed by atoms with Gasteiger partial charge in [-0.05, 0) is 11.6 Å². The van der Waals surface area contributed by atoms with Gasteiger partial charge < -0.3 is 14.6 Å². The number of aromatic hydroxyl groups is 1. The van der Waals surface area contributed by atoms with Crippen LogP contribution in [0.5, 0.6) is 5.75 Å². The summed E-state index contributed by atoms with van der Waals surface area (Å²) in [4.78, 5) is 9.59. The lowest BCUT2D eigenvalue weighted by molar-refractivity contribution is -0.137. The minimum Gasteiger partial charge on any atom is -0.508 e. The number of carbonyl (C=O) groups is 1. The van der Waals surface area contributed by atoms with Crippen LogP contribution in [0, 0.1) is 0 Å². The maximum atomic E-state index is 9.59. The molecule has 0 spiro atoms. The first-order chi connectivity index (χ1) is 9.94. The molecule has 0 aromatic heterocycles. The van der Waals surface area contributed by atoms with Crippen LogP contribution in [0.2, 0.25) is 0 Å². The molecule has 4 nitrogen and oxygen atoms in total. The van der Waals surface area contributed by atoms with Gasteiger partial charge in [-0.1, -0.05) is 18.7 Å². The van der Waals surface area contributed by atoms with Gasteiger partial charge in [-0.2, -0.15) is 12.6 Å². The molecule has 21 heavy (non-hydrogen) atoms. The molecule has 0 saturated heterocycles. The molecule has 0 aliphatic heterocycles. The Morgan fingerprint density at radius 3 is 2.48 bits per heavy atom. The number of benzene rings is 1. The Balaban J connectivity index is 0.000000690. The highest BCUT2D eigenvalue weighted by Crippen LogP contribution is 2.23. The second kappa shape index (κ2) is 11.4. The van der Waals surface area contributed by atoms with E-state index in [1.807, 2.05) is 12.1 Å². The molecular formula is C15H22O4S2. The van der Waals surface area contributed by atoms with Gasteiger partial charge in [-0.15, -0.1) is 11.8 Å². The maximum Gasteiger partial charge on any atom is 0.302 e. The van der Waals surface area contributed by atoms with E-state index in [-0.39, 0.29) is 5.97 Å². The number of hydrogen-bond donors (Lipinski definition) is 2. The molecule has 0 unspecified atom stereocenters. The van der Waals surface area contributed by atoms with Crippen molar-refractivity contribution in [1.82, 2.24) is 0 Å². The van der Waals surface area contributed by atoms with Gasteiger partial charge in [0.1, 0.15) is 5.75 Å². The first kappa shape index (κ1) is 19.7. The number of carbonyl (C=O) groups excluding carboxylic acids is 1. The van der Waals surface area contributed by atoms with Crippen molar-refractivity contribution in [2.75, 3.05) is 20.0 Å². The van der Waals surface area contributed by atoms with Crippen LogP contribution in [0.15, 0.2) is 30.5 Å². The van der Waals surface area contributed by atoms with E-state index in [1.165, 1.54) is 19.6 Å². The second-order valence-electron chi connectivity index (χ2n) is 4.05. The zero-order valence-corrected chi connectivity index (χ0v) is 14.3. The third-order valence-electron chi connectivity index (χ3n) is 2.42. The number of thioether (sulfide) groups is 1. The fourth-order valence-corrected chi connectivity index (χ4v) is 2.31. The van der Waals surface area contributed by atoms with E-state index in [9.17, 15) is 9.90 Å². The number of phenolic OH excluding ortho intramolecular Hbond substituents is 1. The fourth-order valence-electron chi connectivity index (χ4n) is 1.20. The third kappa shape index (κ3) is 9.31. The lowest BCUT2D eigenvalue weighted by Gasteiger charge is -2.06. The molecule has 0 amide bonds. The molecule has 1 aromatic rings. The Hall–Kier alpha value is -1.27. The van der Waals surface area contributed by atoms with Crippen LogP contribution in [0.1, 0.15) is 18.1 Å². The Labute approximate surface area is 135 Å². The second-order valence-corrected chi connectivity index (χ2v) is 5.35. The third-order valence-corrected chi connectivity index (χ3v) is 3.83. The Bertz CT molecular complexity index is 461. The molecule has 0 bridgehead atoms. The molecule has 0 atom stereocenters. The first-order valence-corrected chi connectivity index (χ1v) is 7.99. The molecule has 1 rings (SSSR count). The zero-order valence-electron chi connectivity index (χ0n) is 12.6. The Morgan fingerprint density at radius 1 is 1.38 bits per heavy atom. The number of esters is 1. The molecular weight excluding hydrogens is 308 g/mol. The van der Waals surface area contributed by atoms with Gasteiger partial charge in [-0.25, -0.2) is 0 Å². The fraction of sp³-hybridized carbons (Fsp3) is 0.400. The van der Waals surface area contributed by atoms with Crippen LogP contribution >= 0.6 is 24.4 Å². The van der Waals surface area contributed by atoms with Crippen LogP contribution in [-0.4, -0.2) is 31.0 Å². The summed E-state index contributed by atoms with van der Waals surface area (Å²) in [5.74, 6) is 3.06. The summed E-state index contributed by atoms with van der Waals surface area (Å²) in [5, 5.41) is 9.50. The standard InChI is InChI=1S/C12H16O2S2.C3H6O2/c1-9(14-2)7-16-8-10-3-4-12(13)11(5-10)6-15;1-3(4)5-2/h3-5,13,15H,1,6-8H2,2H3;1-2H3. The summed E-state index contributed by atoms with van der Waals surface area (Å²) in [6.45, 7) is 5.12. The highest BCUT2D eigenvalue weighted by Gasteiger charge is 2.02. The predicted molar refractivity (Wildman–Crippen MR) is 90.8 cm³/mol. The minimum absolute atomic E-state index is 0.245. The van der Waals surface area contributed by atoms with Gasteiger partial charge in [0, 0.05) is 24.0 Å². The van der Waals surface area contributed by atoms with Crippen molar-refractivity contribution >= 4 is 30.4 Å². The van der Waals surface area contributed by atoms with Crippen LogP contribution in [-0.2, 0) is 25.8 Å². The summed E-state index contributed by atoms with van der Waals surface area (Å²) >= 11 is 5.90. The average Bonchev–Trinajstić information content (AvgIpc) is 2.49. The van der Waals surface area contributed by atoms with Gasteiger partial charge in [0.25, 0.3) is 0 Å². The number of thiol groups is 1. The zero-order chi connectivity index (χ0) is 16.3. The van der Waals surface area contributed by atoms with E-state index < -0.39 is 0 Å². The minimum atomic E-state index is -0.245. The molecule has 0 aliphatic carbocycles. The largest absolute Gasteiger partial charge is 0.508 e. The average molecular weight is 330 g/mol. The number of hydrogen-bond acceptors (Lipinski definition) is 6. The number of ether oxygens (including phenoxy) is 2. The molecule has 118 valence electrons. The quantitative estimate of drug-likeness (QED) is 0.476. The number of methoxy groups -OCH3 is 2. The van der Waals surface area contributed by atoms with Crippen LogP contribution < -0.4 is 0 Å². The van der Waals surface area contributed by atoms with Crippen molar-refractivity contribution in [3.05, 3.63) is 41.7 Å². The number of phenols is 1. The molecule has 0 fully saturated rings. The van der Waals surface area contributed by atoms with E-state index in [2.05, 4.69) is 23.9 Å². The molecule has 0 radical (unpaired) electrons. The Morgan fingerprint density at radius 2 is 2.00 bits per heavy atom. The van der Waals surface area contributed by atoms with Gasteiger partial charge in [0.2, 0.25) is 0 Å². The van der Waals surface area contributed by atoms with E-state index in [4.69, 9.17) is 4.74 Å². The summed E-state index contributed by atoms with van der Waals surface area (Å²) < 4.78 is 9.10. The van der Waals surface area contributed by atoms with Crippen LogP contribution in [0.4, 0.5) is 0 Å². The van der Waals surface area contributed by atoms with Gasteiger partial charge in [0.15, 0.2) is 0 Å². The SMILES string of the molecule is C=C(CSCc1ccc(O)c(CS)c1)OC.COC(C)=O. The summed E-state index contributed by atoms with van der Waals surface area (Å²) in [6, 6.07) is 5.61. The normalized spacial score (nSPS) is 9.33. The number of rotatable bonds is 6. The maximum absolute atomic E-state index is 9.59. The van der Waals surface area contributed by atoms with Crippen molar-refractivity contribution in [3.63, 3.8) is 0 Å². The van der Waals surface area contributed by atoms with Crippen molar-refractivity contribution < 1.29 is 19.4 Å². The van der Waals surface area contributed by atoms with E-state index in [0.717, 1.165) is 22.8 Å². The first-order valence-electron chi connectivity index (χ1n) is 6.20.